The Balaban J connectivity index is 1.68. The van der Waals surface area contributed by atoms with Crippen LogP contribution in [0.5, 0.6) is 0 Å². The molecule has 0 aromatic heterocycles. The smallest absolute Gasteiger partial charge is 0.220 e. The van der Waals surface area contributed by atoms with Gasteiger partial charge in [-0.25, -0.2) is 0 Å². The number of carbonyl (C=O) groups excluding carboxylic acids is 1. The molecule has 0 aliphatic carbocycles. The summed E-state index contributed by atoms with van der Waals surface area (Å²) in [5.74, 6) is -0.284. The van der Waals surface area contributed by atoms with Gasteiger partial charge < -0.3 is 65.1 Å². The molecular weight excluding hydrogens is 1230 g/mol. The summed E-state index contributed by atoms with van der Waals surface area (Å²) in [6.45, 7) is 2.68. The lowest BCUT2D eigenvalue weighted by Crippen LogP contribution is -2.65. The fourth-order valence-electron chi connectivity index (χ4n) is 12.1. The second-order valence-electron chi connectivity index (χ2n) is 27.1. The van der Waals surface area contributed by atoms with E-state index in [0.717, 1.165) is 96.3 Å². The highest BCUT2D eigenvalue weighted by molar-refractivity contribution is 5.76. The summed E-state index contributed by atoms with van der Waals surface area (Å²) in [6, 6.07) is -0.951. The van der Waals surface area contributed by atoms with E-state index in [0.29, 0.717) is 6.42 Å². The predicted molar refractivity (Wildman–Crippen MR) is 405 cm³/mol. The summed E-state index contributed by atoms with van der Waals surface area (Å²) in [7, 11) is 0. The lowest BCUT2D eigenvalue weighted by molar-refractivity contribution is -0.359. The largest absolute Gasteiger partial charge is 0.394 e. The molecule has 0 saturated carbocycles. The summed E-state index contributed by atoms with van der Waals surface area (Å²) in [4.78, 5) is 13.4. The predicted octanol–water partition coefficient (Wildman–Crippen LogP) is 17.8. The first-order chi connectivity index (χ1) is 48.1. The zero-order valence-corrected chi connectivity index (χ0v) is 61.5. The third-order valence-electron chi connectivity index (χ3n) is 18.3. The number of carbonyl (C=O) groups is 1. The minimum absolute atomic E-state index is 0.217. The second-order valence-corrected chi connectivity index (χ2v) is 27.1. The monoisotopic (exact) mass is 1370 g/mol. The van der Waals surface area contributed by atoms with Crippen LogP contribution in [0.4, 0.5) is 0 Å². The van der Waals surface area contributed by atoms with Crippen LogP contribution < -0.4 is 5.32 Å². The van der Waals surface area contributed by atoms with Crippen LogP contribution in [0.25, 0.3) is 0 Å². The first-order valence-corrected chi connectivity index (χ1v) is 39.4. The van der Waals surface area contributed by atoms with E-state index in [1.165, 1.54) is 173 Å². The van der Waals surface area contributed by atoms with E-state index in [2.05, 4.69) is 141 Å². The maximum absolute atomic E-state index is 13.4. The Hall–Kier alpha value is -3.87. The average molecular weight is 1380 g/mol. The van der Waals surface area contributed by atoms with Crippen LogP contribution in [0.15, 0.2) is 134 Å². The van der Waals surface area contributed by atoms with Gasteiger partial charge in [-0.1, -0.05) is 327 Å². The van der Waals surface area contributed by atoms with Crippen LogP contribution in [-0.2, 0) is 23.7 Å². The first kappa shape index (κ1) is 90.2. The molecule has 0 bridgehead atoms. The van der Waals surface area contributed by atoms with Gasteiger partial charge in [-0.3, -0.25) is 4.79 Å². The number of amides is 1. The average Bonchev–Trinajstić information content (AvgIpc) is 0.793. The number of aliphatic hydroxyl groups excluding tert-OH is 8. The van der Waals surface area contributed by atoms with E-state index in [4.69, 9.17) is 18.9 Å². The molecule has 2 saturated heterocycles. The van der Waals surface area contributed by atoms with Crippen molar-refractivity contribution in [1.82, 2.24) is 5.32 Å². The maximum Gasteiger partial charge on any atom is 0.220 e. The third kappa shape index (κ3) is 48.9. The zero-order valence-electron chi connectivity index (χ0n) is 61.5. The summed E-state index contributed by atoms with van der Waals surface area (Å²) in [5, 5.41) is 87.6. The number of aliphatic hydroxyl groups is 8. The highest BCUT2D eigenvalue weighted by Gasteiger charge is 2.51. The number of rotatable bonds is 64. The molecule has 0 aromatic carbocycles. The Bertz CT molecular complexity index is 2160. The van der Waals surface area contributed by atoms with Crippen molar-refractivity contribution >= 4 is 5.91 Å². The molecule has 12 unspecified atom stereocenters. The minimum Gasteiger partial charge on any atom is -0.394 e. The molecule has 0 spiro atoms. The highest BCUT2D eigenvalue weighted by Crippen LogP contribution is 2.30. The van der Waals surface area contributed by atoms with Crippen molar-refractivity contribution in [3.05, 3.63) is 134 Å². The molecule has 0 radical (unpaired) electrons. The Morgan fingerprint density at radius 1 is 0.378 bits per heavy atom. The molecule has 2 aliphatic rings. The summed E-state index contributed by atoms with van der Waals surface area (Å²) in [5.41, 5.74) is 0. The Labute approximate surface area is 596 Å². The van der Waals surface area contributed by atoms with Gasteiger partial charge in [0.25, 0.3) is 0 Å². The Morgan fingerprint density at radius 2 is 0.704 bits per heavy atom. The van der Waals surface area contributed by atoms with Gasteiger partial charge in [-0.05, 0) is 96.3 Å². The Morgan fingerprint density at radius 3 is 1.08 bits per heavy atom. The molecule has 98 heavy (non-hydrogen) atoms. The normalized spacial score (nSPS) is 22.8. The quantitative estimate of drug-likeness (QED) is 0.0204. The molecule has 2 heterocycles. The maximum atomic E-state index is 13.4. The highest BCUT2D eigenvalue weighted by atomic mass is 16.7. The van der Waals surface area contributed by atoms with Crippen molar-refractivity contribution in [3.8, 4) is 0 Å². The number of ether oxygens (including phenoxy) is 4. The van der Waals surface area contributed by atoms with Crippen LogP contribution in [0, 0.1) is 0 Å². The zero-order chi connectivity index (χ0) is 70.8. The van der Waals surface area contributed by atoms with E-state index in [9.17, 15) is 45.6 Å². The fraction of sp³-hybridized carbons (Fsp3) is 0.726. The summed E-state index contributed by atoms with van der Waals surface area (Å²) in [6.07, 6.45) is 82.4. The molecule has 1 amide bonds. The van der Waals surface area contributed by atoms with Crippen LogP contribution >= 0.6 is 0 Å². The number of hydrogen-bond acceptors (Lipinski definition) is 13. The number of unbranched alkanes of at least 4 members (excludes halogenated alkanes) is 31. The van der Waals surface area contributed by atoms with E-state index in [1.54, 1.807) is 6.08 Å². The standard InChI is InChI=1S/C84H143NO13/c1-3-5-7-9-11-13-15-17-19-21-23-25-27-29-31-33-35-36-38-40-42-44-46-48-50-52-54-56-58-60-62-64-66-68-76(89)85-72(71-95-83-81(94)79(92)82(75(70-87)97-83)98-84-80(93)78(91)77(90)74(69-86)96-84)73(88)67-65-63-61-59-57-55-53-51-49-47-45-43-41-39-37-34-32-30-28-26-24-22-20-18-16-14-12-10-8-6-4-2/h5,7,11,13,17,19,23,25,29,31,35-36,40,42,46,48,52,54,58,60,65,67,72-75,77-84,86-88,90-94H,3-4,6,8-10,12,14-16,18,20-22,24,26-28,30,32-34,37-39,41,43-45,47,49-51,53,55-57,59,61-64,66,68-71H2,1-2H3,(H,85,89)/b7-5-,13-11-,19-17-,25-23-,31-29-,36-35-,42-40-,48-46-,54-52-,60-58-,67-65+. The van der Waals surface area contributed by atoms with Gasteiger partial charge in [0.15, 0.2) is 12.6 Å². The van der Waals surface area contributed by atoms with Crippen molar-refractivity contribution in [2.24, 2.45) is 0 Å². The molecule has 562 valence electrons. The molecule has 2 aliphatic heterocycles. The molecule has 0 aromatic rings. The van der Waals surface area contributed by atoms with Crippen LogP contribution in [0.1, 0.15) is 296 Å². The molecule has 14 nitrogen and oxygen atoms in total. The van der Waals surface area contributed by atoms with Crippen molar-refractivity contribution in [1.29, 1.82) is 0 Å². The van der Waals surface area contributed by atoms with Gasteiger partial charge in [0.1, 0.15) is 48.8 Å². The van der Waals surface area contributed by atoms with Gasteiger partial charge in [0.2, 0.25) is 5.91 Å². The van der Waals surface area contributed by atoms with Crippen molar-refractivity contribution in [3.63, 3.8) is 0 Å². The van der Waals surface area contributed by atoms with Gasteiger partial charge in [0.05, 0.1) is 32.0 Å². The van der Waals surface area contributed by atoms with Crippen molar-refractivity contribution < 1.29 is 64.6 Å². The fourth-order valence-corrected chi connectivity index (χ4v) is 12.1. The van der Waals surface area contributed by atoms with Gasteiger partial charge in [0, 0.05) is 6.42 Å². The Kier molecular flexibility index (Phi) is 61.1. The number of allylic oxidation sites excluding steroid dienone is 21. The lowest BCUT2D eigenvalue weighted by Gasteiger charge is -2.46. The van der Waals surface area contributed by atoms with Gasteiger partial charge in [-0.15, -0.1) is 0 Å². The van der Waals surface area contributed by atoms with E-state index >= 15 is 0 Å². The molecule has 12 atom stereocenters. The first-order valence-electron chi connectivity index (χ1n) is 39.4. The molecule has 9 N–H and O–H groups in total. The summed E-state index contributed by atoms with van der Waals surface area (Å²) < 4.78 is 22.9. The van der Waals surface area contributed by atoms with Crippen LogP contribution in [0.2, 0.25) is 0 Å². The van der Waals surface area contributed by atoms with E-state index in [1.807, 2.05) is 6.08 Å². The SMILES string of the molecule is CC/C=C\C/C=C\C/C=C\C/C=C\C/C=C\C/C=C\C/C=C\C/C=C\C/C=C\C/C=C\CCCCC(=O)NC(COC1OC(CO)C(OC2OC(CO)C(O)C(O)C2O)C(O)C1O)C(O)/C=C/CCCCCCCCCCCCCCCCCCCCCCCCCCCCCCC. The number of hydrogen-bond donors (Lipinski definition) is 9. The molecule has 2 rings (SSSR count). The minimum atomic E-state index is -1.80. The number of nitrogens with one attached hydrogen (secondary N) is 1. The van der Waals surface area contributed by atoms with Crippen LogP contribution in [-0.4, -0.2) is 140 Å². The van der Waals surface area contributed by atoms with E-state index in [-0.39, 0.29) is 18.9 Å². The van der Waals surface area contributed by atoms with Gasteiger partial charge in [-0.2, -0.15) is 0 Å². The van der Waals surface area contributed by atoms with Crippen molar-refractivity contribution in [2.45, 2.75) is 370 Å². The van der Waals surface area contributed by atoms with Crippen LogP contribution in [0.3, 0.4) is 0 Å². The molecular formula is C84H143NO13. The molecule has 2 fully saturated rings. The van der Waals surface area contributed by atoms with Crippen molar-refractivity contribution in [2.75, 3.05) is 19.8 Å². The topological polar surface area (TPSA) is 228 Å². The lowest BCUT2D eigenvalue weighted by atomic mass is 9.97. The van der Waals surface area contributed by atoms with E-state index < -0.39 is 86.8 Å². The third-order valence-corrected chi connectivity index (χ3v) is 18.3. The van der Waals surface area contributed by atoms with Gasteiger partial charge >= 0.3 is 0 Å². The molecule has 14 heteroatoms. The second kappa shape index (κ2) is 66.4. The summed E-state index contributed by atoms with van der Waals surface area (Å²) >= 11 is 0.